The number of nitrogens with zero attached hydrogens (tertiary/aromatic N) is 3. The van der Waals surface area contributed by atoms with Gasteiger partial charge in [-0.1, -0.05) is 6.07 Å². The van der Waals surface area contributed by atoms with Crippen LogP contribution in [0.3, 0.4) is 0 Å². The number of hydrogen-bond donors (Lipinski definition) is 2. The Kier molecular flexibility index (Phi) is 3.25. The lowest BCUT2D eigenvalue weighted by molar-refractivity contribution is 0.0950. The van der Waals surface area contributed by atoms with E-state index in [1.165, 1.54) is 6.21 Å². The molecule has 86 valence electrons. The van der Waals surface area contributed by atoms with E-state index in [2.05, 4.69) is 25.7 Å². The first-order valence-electron chi connectivity index (χ1n) is 5.02. The number of aromatic nitrogens is 3. The third-order valence-electron chi connectivity index (χ3n) is 1.99. The molecule has 0 saturated carbocycles. The number of pyridine rings is 1. The second kappa shape index (κ2) is 5.02. The molecule has 2 aromatic heterocycles. The van der Waals surface area contributed by atoms with Crippen LogP contribution in [-0.4, -0.2) is 27.3 Å². The minimum absolute atomic E-state index is 0.306. The lowest BCUT2D eigenvalue weighted by Crippen LogP contribution is -2.18. The highest BCUT2D eigenvalue weighted by Gasteiger charge is 2.06. The average molecular weight is 229 g/mol. The highest BCUT2D eigenvalue weighted by atomic mass is 16.2. The number of aryl methyl sites for hydroxylation is 1. The molecule has 2 N–H and O–H groups in total. The van der Waals surface area contributed by atoms with Crippen molar-refractivity contribution in [3.05, 3.63) is 47.5 Å². The van der Waals surface area contributed by atoms with Gasteiger partial charge in [-0.2, -0.15) is 10.2 Å². The number of carbonyl (C=O) groups excluding carboxylic acids is 1. The Hall–Kier alpha value is -2.50. The zero-order chi connectivity index (χ0) is 12.1. The van der Waals surface area contributed by atoms with Crippen molar-refractivity contribution in [2.24, 2.45) is 5.10 Å². The minimum Gasteiger partial charge on any atom is -0.282 e. The molecule has 2 heterocycles. The van der Waals surface area contributed by atoms with E-state index < -0.39 is 0 Å². The van der Waals surface area contributed by atoms with E-state index in [9.17, 15) is 4.79 Å². The first-order chi connectivity index (χ1) is 8.25. The molecule has 6 nitrogen and oxygen atoms in total. The molecule has 6 heteroatoms. The number of hydrazone groups is 1. The standard InChI is InChI=1S/C11H11N5O/c1-8-6-10(15-14-8)11(17)16-13-7-9-4-2-3-5-12-9/h2-7H,1H3,(H,14,15)(H,16,17)/b13-7-. The normalized spacial score (nSPS) is 10.6. The van der Waals surface area contributed by atoms with Crippen LogP contribution in [0.4, 0.5) is 0 Å². The predicted molar refractivity (Wildman–Crippen MR) is 62.6 cm³/mol. The quantitative estimate of drug-likeness (QED) is 0.605. The van der Waals surface area contributed by atoms with Crippen molar-refractivity contribution in [2.45, 2.75) is 6.92 Å². The van der Waals surface area contributed by atoms with E-state index in [-0.39, 0.29) is 5.91 Å². The Labute approximate surface area is 97.8 Å². The fourth-order valence-electron chi connectivity index (χ4n) is 1.20. The summed E-state index contributed by atoms with van der Waals surface area (Å²) in [5.74, 6) is -0.360. The van der Waals surface area contributed by atoms with Crippen molar-refractivity contribution in [3.63, 3.8) is 0 Å². The molecule has 0 unspecified atom stereocenters. The topological polar surface area (TPSA) is 83.0 Å². The fourth-order valence-corrected chi connectivity index (χ4v) is 1.20. The summed E-state index contributed by atoms with van der Waals surface area (Å²) in [6.07, 6.45) is 3.12. The zero-order valence-corrected chi connectivity index (χ0v) is 9.21. The number of carbonyl (C=O) groups is 1. The maximum Gasteiger partial charge on any atom is 0.291 e. The Bertz CT molecular complexity index is 532. The van der Waals surface area contributed by atoms with Gasteiger partial charge in [0.1, 0.15) is 0 Å². The third-order valence-corrected chi connectivity index (χ3v) is 1.99. The Morgan fingerprint density at radius 1 is 1.53 bits per heavy atom. The Morgan fingerprint density at radius 2 is 2.41 bits per heavy atom. The van der Waals surface area contributed by atoms with Crippen molar-refractivity contribution in [1.29, 1.82) is 0 Å². The summed E-state index contributed by atoms with van der Waals surface area (Å²) in [5, 5.41) is 10.3. The van der Waals surface area contributed by atoms with Gasteiger partial charge < -0.3 is 0 Å². The second-order valence-corrected chi connectivity index (χ2v) is 3.39. The van der Waals surface area contributed by atoms with Gasteiger partial charge in [0.15, 0.2) is 5.69 Å². The molecule has 0 aliphatic heterocycles. The van der Waals surface area contributed by atoms with Crippen LogP contribution < -0.4 is 5.43 Å². The first-order valence-corrected chi connectivity index (χ1v) is 5.02. The summed E-state index contributed by atoms with van der Waals surface area (Å²) in [6, 6.07) is 7.08. The van der Waals surface area contributed by atoms with Crippen molar-refractivity contribution in [1.82, 2.24) is 20.6 Å². The summed E-state index contributed by atoms with van der Waals surface area (Å²) >= 11 is 0. The van der Waals surface area contributed by atoms with Gasteiger partial charge in [-0.05, 0) is 25.1 Å². The summed E-state index contributed by atoms with van der Waals surface area (Å²) in [6.45, 7) is 1.82. The van der Waals surface area contributed by atoms with Crippen molar-refractivity contribution < 1.29 is 4.79 Å². The van der Waals surface area contributed by atoms with Gasteiger partial charge in [-0.15, -0.1) is 0 Å². The van der Waals surface area contributed by atoms with Gasteiger partial charge in [0.05, 0.1) is 11.9 Å². The van der Waals surface area contributed by atoms with Gasteiger partial charge in [-0.3, -0.25) is 14.9 Å². The number of amides is 1. The third kappa shape index (κ3) is 2.97. The summed E-state index contributed by atoms with van der Waals surface area (Å²) < 4.78 is 0. The highest BCUT2D eigenvalue weighted by Crippen LogP contribution is 1.96. The van der Waals surface area contributed by atoms with Gasteiger partial charge >= 0.3 is 0 Å². The second-order valence-electron chi connectivity index (χ2n) is 3.39. The molecule has 0 aliphatic carbocycles. The van der Waals surface area contributed by atoms with E-state index in [4.69, 9.17) is 0 Å². The summed E-state index contributed by atoms with van der Waals surface area (Å²) in [5.41, 5.74) is 4.17. The largest absolute Gasteiger partial charge is 0.291 e. The molecule has 0 atom stereocenters. The summed E-state index contributed by atoms with van der Waals surface area (Å²) in [7, 11) is 0. The molecule has 0 aromatic carbocycles. The molecular weight excluding hydrogens is 218 g/mol. The predicted octanol–water partition coefficient (Wildman–Crippen LogP) is 0.877. The van der Waals surface area contributed by atoms with Crippen LogP contribution >= 0.6 is 0 Å². The van der Waals surface area contributed by atoms with Gasteiger partial charge in [-0.25, -0.2) is 5.43 Å². The van der Waals surface area contributed by atoms with Crippen molar-refractivity contribution >= 4 is 12.1 Å². The van der Waals surface area contributed by atoms with Gasteiger partial charge in [0, 0.05) is 11.9 Å². The molecular formula is C11H11N5O. The van der Waals surface area contributed by atoms with Gasteiger partial charge in [0.25, 0.3) is 5.91 Å². The maximum absolute atomic E-state index is 11.5. The number of hydrogen-bond acceptors (Lipinski definition) is 4. The van der Waals surface area contributed by atoms with Crippen LogP contribution in [0.2, 0.25) is 0 Å². The molecule has 0 bridgehead atoms. The van der Waals surface area contributed by atoms with Crippen LogP contribution in [0.5, 0.6) is 0 Å². The minimum atomic E-state index is -0.360. The molecule has 0 spiro atoms. The average Bonchev–Trinajstić information content (AvgIpc) is 2.77. The number of aromatic amines is 1. The molecule has 1 amide bonds. The van der Waals surface area contributed by atoms with Gasteiger partial charge in [0.2, 0.25) is 0 Å². The molecule has 0 saturated heterocycles. The Morgan fingerprint density at radius 3 is 3.06 bits per heavy atom. The van der Waals surface area contributed by atoms with Crippen LogP contribution in [-0.2, 0) is 0 Å². The maximum atomic E-state index is 11.5. The highest BCUT2D eigenvalue weighted by molar-refractivity contribution is 5.92. The van der Waals surface area contributed by atoms with Crippen LogP contribution in [0.25, 0.3) is 0 Å². The van der Waals surface area contributed by atoms with Crippen LogP contribution in [0.1, 0.15) is 21.9 Å². The molecule has 0 fully saturated rings. The van der Waals surface area contributed by atoms with E-state index in [0.717, 1.165) is 5.69 Å². The molecule has 2 rings (SSSR count). The molecule has 2 aromatic rings. The first kappa shape index (κ1) is 11.0. The van der Waals surface area contributed by atoms with Crippen molar-refractivity contribution in [3.8, 4) is 0 Å². The number of rotatable bonds is 3. The molecule has 0 aliphatic rings. The van der Waals surface area contributed by atoms with E-state index in [1.807, 2.05) is 19.1 Å². The van der Waals surface area contributed by atoms with E-state index >= 15 is 0 Å². The van der Waals surface area contributed by atoms with E-state index in [0.29, 0.717) is 11.4 Å². The lowest BCUT2D eigenvalue weighted by Gasteiger charge is -1.94. The van der Waals surface area contributed by atoms with Crippen LogP contribution in [0.15, 0.2) is 35.6 Å². The summed E-state index contributed by atoms with van der Waals surface area (Å²) in [4.78, 5) is 15.6. The van der Waals surface area contributed by atoms with E-state index in [1.54, 1.807) is 18.3 Å². The van der Waals surface area contributed by atoms with Crippen LogP contribution in [0, 0.1) is 6.92 Å². The Balaban J connectivity index is 1.95. The lowest BCUT2D eigenvalue weighted by atomic mass is 10.3. The zero-order valence-electron chi connectivity index (χ0n) is 9.21. The molecule has 17 heavy (non-hydrogen) atoms. The SMILES string of the molecule is Cc1cc(C(=O)N/N=C\c2ccccn2)n[nH]1. The molecule has 0 radical (unpaired) electrons. The number of nitrogens with one attached hydrogen (secondary N) is 2. The smallest absolute Gasteiger partial charge is 0.282 e. The van der Waals surface area contributed by atoms with Crippen molar-refractivity contribution in [2.75, 3.05) is 0 Å². The fraction of sp³-hybridized carbons (Fsp3) is 0.0909. The number of H-pyrrole nitrogens is 1. The monoisotopic (exact) mass is 229 g/mol.